The maximum Gasteiger partial charge on any atom is 0.338 e. The standard InChI is InChI=1S/C20H23N5O/c1-20(2,3)14-7-8-18-13(11-14)9-10-25(18)24-19(26)22-16-5-4-6-17-15(16)12-21-23-17/h4-8,11-12H,9-10H2,1-3H3,(H,21,23)(H2,22,24,26). The molecule has 26 heavy (non-hydrogen) atoms. The van der Waals surface area contributed by atoms with E-state index in [2.05, 4.69) is 59.9 Å². The number of carbonyl (C=O) groups excluding carboxylic acids is 1. The molecule has 6 heteroatoms. The Labute approximate surface area is 152 Å². The largest absolute Gasteiger partial charge is 0.338 e. The molecule has 0 saturated heterocycles. The minimum atomic E-state index is -0.258. The van der Waals surface area contributed by atoms with Crippen LogP contribution in [0.15, 0.2) is 42.6 Å². The van der Waals surface area contributed by atoms with Gasteiger partial charge in [-0.2, -0.15) is 5.10 Å². The number of benzene rings is 2. The third-order valence-corrected chi connectivity index (χ3v) is 4.81. The molecule has 6 nitrogen and oxygen atoms in total. The van der Waals surface area contributed by atoms with Crippen molar-refractivity contribution in [1.82, 2.24) is 15.6 Å². The summed E-state index contributed by atoms with van der Waals surface area (Å²) in [5.41, 5.74) is 8.35. The average molecular weight is 349 g/mol. The quantitative estimate of drug-likeness (QED) is 0.656. The molecule has 3 aromatic rings. The smallest absolute Gasteiger partial charge is 0.306 e. The second-order valence-electron chi connectivity index (χ2n) is 7.70. The second-order valence-corrected chi connectivity index (χ2v) is 7.70. The molecule has 1 aliphatic rings. The number of hydrazine groups is 1. The van der Waals surface area contributed by atoms with Gasteiger partial charge in [-0.3, -0.25) is 10.1 Å². The predicted molar refractivity (Wildman–Crippen MR) is 104 cm³/mol. The molecule has 4 rings (SSSR count). The Morgan fingerprint density at radius 1 is 1.23 bits per heavy atom. The summed E-state index contributed by atoms with van der Waals surface area (Å²) in [4.78, 5) is 12.5. The molecule has 2 aromatic carbocycles. The molecule has 0 spiro atoms. The number of nitrogens with zero attached hydrogens (tertiary/aromatic N) is 2. The zero-order valence-corrected chi connectivity index (χ0v) is 15.3. The number of aromatic amines is 1. The molecule has 134 valence electrons. The number of nitrogens with one attached hydrogen (secondary N) is 3. The number of urea groups is 1. The van der Waals surface area contributed by atoms with Crippen LogP contribution in [-0.4, -0.2) is 22.8 Å². The summed E-state index contributed by atoms with van der Waals surface area (Å²) in [5, 5.41) is 12.6. The van der Waals surface area contributed by atoms with E-state index in [1.165, 1.54) is 11.1 Å². The molecule has 1 aliphatic heterocycles. The molecule has 0 fully saturated rings. The van der Waals surface area contributed by atoms with Crippen LogP contribution in [0.2, 0.25) is 0 Å². The monoisotopic (exact) mass is 349 g/mol. The van der Waals surface area contributed by atoms with Crippen LogP contribution in [0.1, 0.15) is 31.9 Å². The molecular formula is C20H23N5O. The Kier molecular flexibility index (Phi) is 3.83. The lowest BCUT2D eigenvalue weighted by molar-refractivity contribution is 0.251. The maximum atomic E-state index is 12.5. The molecule has 0 saturated carbocycles. The predicted octanol–water partition coefficient (Wildman–Crippen LogP) is 3.96. The van der Waals surface area contributed by atoms with E-state index >= 15 is 0 Å². The third-order valence-electron chi connectivity index (χ3n) is 4.81. The van der Waals surface area contributed by atoms with E-state index in [1.807, 2.05) is 23.2 Å². The van der Waals surface area contributed by atoms with Crippen molar-refractivity contribution in [3.8, 4) is 0 Å². The number of hydrogen-bond donors (Lipinski definition) is 3. The molecule has 1 aromatic heterocycles. The SMILES string of the molecule is CC(C)(C)c1ccc2c(c1)CCN2NC(=O)Nc1cccc2[nH]ncc12. The Balaban J connectivity index is 1.49. The highest BCUT2D eigenvalue weighted by atomic mass is 16.2. The summed E-state index contributed by atoms with van der Waals surface area (Å²) in [6.07, 6.45) is 2.64. The van der Waals surface area contributed by atoms with Crippen LogP contribution < -0.4 is 15.8 Å². The zero-order chi connectivity index (χ0) is 18.3. The van der Waals surface area contributed by atoms with Crippen molar-refractivity contribution in [2.75, 3.05) is 16.9 Å². The van der Waals surface area contributed by atoms with Gasteiger partial charge in [-0.25, -0.2) is 10.2 Å². The number of amides is 2. The van der Waals surface area contributed by atoms with Gasteiger partial charge in [0, 0.05) is 11.9 Å². The number of rotatable bonds is 2. The van der Waals surface area contributed by atoms with Gasteiger partial charge in [0.25, 0.3) is 0 Å². The van der Waals surface area contributed by atoms with Gasteiger partial charge in [-0.05, 0) is 41.2 Å². The van der Waals surface area contributed by atoms with Crippen molar-refractivity contribution in [2.24, 2.45) is 0 Å². The van der Waals surface area contributed by atoms with Crippen LogP contribution in [0.4, 0.5) is 16.2 Å². The summed E-state index contributed by atoms with van der Waals surface area (Å²) in [6, 6.07) is 11.9. The van der Waals surface area contributed by atoms with Crippen LogP contribution >= 0.6 is 0 Å². The third kappa shape index (κ3) is 2.98. The van der Waals surface area contributed by atoms with Gasteiger partial charge < -0.3 is 5.32 Å². The van der Waals surface area contributed by atoms with Gasteiger partial charge in [0.2, 0.25) is 0 Å². The van der Waals surface area contributed by atoms with Crippen LogP contribution in [0, 0.1) is 0 Å². The Morgan fingerprint density at radius 3 is 2.88 bits per heavy atom. The maximum absolute atomic E-state index is 12.5. The fourth-order valence-corrected chi connectivity index (χ4v) is 3.33. The topological polar surface area (TPSA) is 73.1 Å². The highest BCUT2D eigenvalue weighted by Crippen LogP contribution is 2.32. The zero-order valence-electron chi connectivity index (χ0n) is 15.3. The molecule has 0 atom stereocenters. The Morgan fingerprint density at radius 2 is 2.08 bits per heavy atom. The summed E-state index contributed by atoms with van der Waals surface area (Å²) in [6.45, 7) is 7.41. The number of aromatic nitrogens is 2. The normalized spacial score (nSPS) is 13.7. The van der Waals surface area contributed by atoms with E-state index in [4.69, 9.17) is 0 Å². The molecule has 3 N–H and O–H groups in total. The number of fused-ring (bicyclic) bond motifs is 2. The number of H-pyrrole nitrogens is 1. The molecule has 2 amide bonds. The van der Waals surface area contributed by atoms with Gasteiger partial charge in [-0.15, -0.1) is 0 Å². The fraction of sp³-hybridized carbons (Fsp3) is 0.300. The first-order chi connectivity index (χ1) is 12.4. The van der Waals surface area contributed by atoms with Crippen molar-refractivity contribution in [3.05, 3.63) is 53.7 Å². The lowest BCUT2D eigenvalue weighted by atomic mass is 9.86. The van der Waals surface area contributed by atoms with E-state index in [9.17, 15) is 4.79 Å². The van der Waals surface area contributed by atoms with Crippen molar-refractivity contribution in [3.63, 3.8) is 0 Å². The first-order valence-corrected chi connectivity index (χ1v) is 8.82. The Hall–Kier alpha value is -3.02. The van der Waals surface area contributed by atoms with Gasteiger partial charge >= 0.3 is 6.03 Å². The highest BCUT2D eigenvalue weighted by molar-refractivity contribution is 6.00. The van der Waals surface area contributed by atoms with Crippen LogP contribution in [0.25, 0.3) is 10.9 Å². The molecule has 0 radical (unpaired) electrons. The van der Waals surface area contributed by atoms with E-state index in [-0.39, 0.29) is 11.4 Å². The summed E-state index contributed by atoms with van der Waals surface area (Å²) in [7, 11) is 0. The lowest BCUT2D eigenvalue weighted by Gasteiger charge is -2.23. The van der Waals surface area contributed by atoms with E-state index in [1.54, 1.807) is 6.20 Å². The summed E-state index contributed by atoms with van der Waals surface area (Å²) in [5.74, 6) is 0. The molecule has 0 aliphatic carbocycles. The summed E-state index contributed by atoms with van der Waals surface area (Å²) >= 11 is 0. The van der Waals surface area contributed by atoms with Crippen molar-refractivity contribution < 1.29 is 4.79 Å². The van der Waals surface area contributed by atoms with Crippen LogP contribution in [0.3, 0.4) is 0 Å². The van der Waals surface area contributed by atoms with Gasteiger partial charge in [0.1, 0.15) is 0 Å². The molecular weight excluding hydrogens is 326 g/mol. The minimum Gasteiger partial charge on any atom is -0.306 e. The fourth-order valence-electron chi connectivity index (χ4n) is 3.33. The number of anilines is 2. The van der Waals surface area contributed by atoms with Gasteiger partial charge in [-0.1, -0.05) is 39.0 Å². The van der Waals surface area contributed by atoms with Crippen molar-refractivity contribution in [2.45, 2.75) is 32.6 Å². The molecule has 0 bridgehead atoms. The van der Waals surface area contributed by atoms with Crippen molar-refractivity contribution in [1.29, 1.82) is 0 Å². The highest BCUT2D eigenvalue weighted by Gasteiger charge is 2.23. The van der Waals surface area contributed by atoms with Gasteiger partial charge in [0.05, 0.1) is 23.1 Å². The number of hydrogen-bond acceptors (Lipinski definition) is 3. The van der Waals surface area contributed by atoms with E-state index in [0.29, 0.717) is 0 Å². The Bertz CT molecular complexity index is 970. The van der Waals surface area contributed by atoms with Crippen LogP contribution in [-0.2, 0) is 11.8 Å². The summed E-state index contributed by atoms with van der Waals surface area (Å²) < 4.78 is 0. The van der Waals surface area contributed by atoms with Crippen molar-refractivity contribution >= 4 is 28.3 Å². The molecule has 2 heterocycles. The van der Waals surface area contributed by atoms with Crippen LogP contribution in [0.5, 0.6) is 0 Å². The van der Waals surface area contributed by atoms with E-state index in [0.717, 1.165) is 35.2 Å². The van der Waals surface area contributed by atoms with Gasteiger partial charge in [0.15, 0.2) is 0 Å². The number of carbonyl (C=O) groups is 1. The van der Waals surface area contributed by atoms with E-state index < -0.39 is 0 Å². The average Bonchev–Trinajstić information content (AvgIpc) is 3.21. The first-order valence-electron chi connectivity index (χ1n) is 8.82. The second kappa shape index (κ2) is 6.05. The first kappa shape index (κ1) is 16.4. The minimum absolute atomic E-state index is 0.122. The lowest BCUT2D eigenvalue weighted by Crippen LogP contribution is -2.43. The molecule has 0 unspecified atom stereocenters.